The van der Waals surface area contributed by atoms with Gasteiger partial charge in [0.15, 0.2) is 0 Å². The molecule has 0 aliphatic carbocycles. The lowest BCUT2D eigenvalue weighted by molar-refractivity contribution is 0.0974. The zero-order valence-electron chi connectivity index (χ0n) is 16.9. The minimum absolute atomic E-state index is 0.171. The second-order valence-corrected chi connectivity index (χ2v) is 7.65. The van der Waals surface area contributed by atoms with E-state index in [2.05, 4.69) is 30.0 Å². The van der Waals surface area contributed by atoms with Crippen LogP contribution in [0.2, 0.25) is 0 Å². The number of ether oxygens (including phenoxy) is 1. The van der Waals surface area contributed by atoms with Gasteiger partial charge >= 0.3 is 0 Å². The Morgan fingerprint density at radius 1 is 1.23 bits per heavy atom. The number of pyridine rings is 1. The molecule has 8 nitrogen and oxygen atoms in total. The largest absolute Gasteiger partial charge is 0.376 e. The van der Waals surface area contributed by atoms with Crippen LogP contribution in [0, 0.1) is 13.8 Å². The summed E-state index contributed by atoms with van der Waals surface area (Å²) in [5.41, 5.74) is 4.29. The monoisotopic (exact) mass is 402 g/mol. The lowest BCUT2D eigenvalue weighted by Crippen LogP contribution is -2.16. The summed E-state index contributed by atoms with van der Waals surface area (Å²) in [5.74, 6) is 0.664. The molecule has 1 atom stereocenters. The second kappa shape index (κ2) is 7.46. The normalized spacial score (nSPS) is 16.4. The molecule has 1 N–H and O–H groups in total. The highest BCUT2D eigenvalue weighted by molar-refractivity contribution is 6.09. The quantitative estimate of drug-likeness (QED) is 0.562. The molecule has 8 heteroatoms. The van der Waals surface area contributed by atoms with Crippen molar-refractivity contribution in [2.75, 3.05) is 11.9 Å². The van der Waals surface area contributed by atoms with Crippen molar-refractivity contribution in [3.63, 3.8) is 0 Å². The van der Waals surface area contributed by atoms with Gasteiger partial charge in [0.2, 0.25) is 5.65 Å². The molecule has 1 aromatic carbocycles. The number of nitrogens with zero attached hydrogens (tertiary/aromatic N) is 5. The molecule has 4 aromatic rings. The molecule has 5 rings (SSSR count). The Balaban J connectivity index is 1.55. The molecule has 1 fully saturated rings. The van der Waals surface area contributed by atoms with Gasteiger partial charge in [-0.3, -0.25) is 9.78 Å². The van der Waals surface area contributed by atoms with Crippen LogP contribution in [-0.4, -0.2) is 43.4 Å². The van der Waals surface area contributed by atoms with E-state index >= 15 is 0 Å². The SMILES string of the molecule is Cc1ccc(NC(=O)c2ccc3nnc4nc(C)n(CC5CCCO5)c4c3c2)cn1. The van der Waals surface area contributed by atoms with E-state index in [0.717, 1.165) is 47.4 Å². The number of carbonyl (C=O) groups is 1. The van der Waals surface area contributed by atoms with E-state index in [4.69, 9.17) is 4.74 Å². The minimum atomic E-state index is -0.200. The van der Waals surface area contributed by atoms with Crippen LogP contribution in [0.5, 0.6) is 0 Å². The fourth-order valence-electron chi connectivity index (χ4n) is 3.90. The topological polar surface area (TPSA) is 94.8 Å². The fraction of sp³-hybridized carbons (Fsp3) is 0.318. The molecule has 1 unspecified atom stereocenters. The number of aryl methyl sites for hydroxylation is 2. The summed E-state index contributed by atoms with van der Waals surface area (Å²) in [6, 6.07) is 9.14. The van der Waals surface area contributed by atoms with Crippen molar-refractivity contribution < 1.29 is 9.53 Å². The predicted octanol–water partition coefficient (Wildman–Crippen LogP) is 3.42. The molecule has 0 spiro atoms. The Labute approximate surface area is 173 Å². The van der Waals surface area contributed by atoms with Gasteiger partial charge in [0.25, 0.3) is 5.91 Å². The maximum atomic E-state index is 12.8. The van der Waals surface area contributed by atoms with Gasteiger partial charge in [0.05, 0.1) is 35.6 Å². The number of hydrogen-bond donors (Lipinski definition) is 1. The van der Waals surface area contributed by atoms with Crippen molar-refractivity contribution in [2.24, 2.45) is 0 Å². The first kappa shape index (κ1) is 18.6. The van der Waals surface area contributed by atoms with Crippen molar-refractivity contribution in [1.29, 1.82) is 0 Å². The van der Waals surface area contributed by atoms with Crippen LogP contribution in [0.15, 0.2) is 36.5 Å². The first-order valence-corrected chi connectivity index (χ1v) is 10.1. The van der Waals surface area contributed by atoms with Gasteiger partial charge in [-0.2, -0.15) is 0 Å². The molecule has 4 heterocycles. The van der Waals surface area contributed by atoms with Crippen LogP contribution in [0.3, 0.4) is 0 Å². The third-order valence-corrected chi connectivity index (χ3v) is 5.49. The van der Waals surface area contributed by atoms with Crippen LogP contribution in [0.1, 0.15) is 34.7 Å². The number of nitrogens with one attached hydrogen (secondary N) is 1. The number of imidazole rings is 1. The van der Waals surface area contributed by atoms with E-state index in [1.165, 1.54) is 0 Å². The zero-order valence-corrected chi connectivity index (χ0v) is 16.9. The summed E-state index contributed by atoms with van der Waals surface area (Å²) >= 11 is 0. The van der Waals surface area contributed by atoms with Gasteiger partial charge in [0.1, 0.15) is 5.82 Å². The van der Waals surface area contributed by atoms with Gasteiger partial charge in [0, 0.05) is 23.3 Å². The average molecular weight is 402 g/mol. The molecule has 152 valence electrons. The molecule has 1 amide bonds. The Morgan fingerprint density at radius 3 is 2.90 bits per heavy atom. The van der Waals surface area contributed by atoms with Crippen molar-refractivity contribution in [1.82, 2.24) is 24.7 Å². The molecule has 1 aliphatic heterocycles. The Bertz CT molecular complexity index is 1240. The van der Waals surface area contributed by atoms with Crippen LogP contribution in [0.4, 0.5) is 5.69 Å². The molecular formula is C22H22N6O2. The standard InChI is InChI=1S/C22H22N6O2/c1-13-5-7-16(11-23-13)25-22(29)15-6-8-19-18(10-15)20-21(27-26-19)24-14(2)28(20)12-17-4-3-9-30-17/h5-8,10-11,17H,3-4,9,12H2,1-2H3,(H,25,29). The van der Waals surface area contributed by atoms with Crippen molar-refractivity contribution >= 4 is 33.7 Å². The van der Waals surface area contributed by atoms with E-state index < -0.39 is 0 Å². The van der Waals surface area contributed by atoms with Crippen LogP contribution in [0.25, 0.3) is 22.1 Å². The van der Waals surface area contributed by atoms with Gasteiger partial charge in [-0.25, -0.2) is 4.98 Å². The van der Waals surface area contributed by atoms with E-state index in [0.29, 0.717) is 23.4 Å². The minimum Gasteiger partial charge on any atom is -0.376 e. The summed E-state index contributed by atoms with van der Waals surface area (Å²) in [6.45, 7) is 5.38. The van der Waals surface area contributed by atoms with Gasteiger partial charge in [-0.1, -0.05) is 0 Å². The molecule has 0 radical (unpaired) electrons. The number of fused-ring (bicyclic) bond motifs is 3. The van der Waals surface area contributed by atoms with Crippen LogP contribution < -0.4 is 5.32 Å². The number of rotatable bonds is 4. The van der Waals surface area contributed by atoms with Gasteiger partial charge < -0.3 is 14.6 Å². The molecule has 1 aliphatic rings. The number of aromatic nitrogens is 5. The fourth-order valence-corrected chi connectivity index (χ4v) is 3.90. The van der Waals surface area contributed by atoms with E-state index in [9.17, 15) is 4.79 Å². The molecule has 30 heavy (non-hydrogen) atoms. The van der Waals surface area contributed by atoms with Gasteiger partial charge in [-0.05, 0) is 57.0 Å². The maximum absolute atomic E-state index is 12.8. The molecule has 1 saturated heterocycles. The van der Waals surface area contributed by atoms with Crippen LogP contribution in [-0.2, 0) is 11.3 Å². The van der Waals surface area contributed by atoms with Crippen LogP contribution >= 0.6 is 0 Å². The maximum Gasteiger partial charge on any atom is 0.255 e. The number of hydrogen-bond acceptors (Lipinski definition) is 6. The third kappa shape index (κ3) is 3.39. The van der Waals surface area contributed by atoms with E-state index in [-0.39, 0.29) is 12.0 Å². The summed E-state index contributed by atoms with van der Waals surface area (Å²) < 4.78 is 7.96. The highest BCUT2D eigenvalue weighted by Crippen LogP contribution is 2.26. The average Bonchev–Trinajstić information content (AvgIpc) is 3.37. The Hall–Kier alpha value is -3.39. The Morgan fingerprint density at radius 2 is 2.13 bits per heavy atom. The second-order valence-electron chi connectivity index (χ2n) is 7.65. The highest BCUT2D eigenvalue weighted by Gasteiger charge is 2.21. The molecule has 0 saturated carbocycles. The third-order valence-electron chi connectivity index (χ3n) is 5.49. The lowest BCUT2D eigenvalue weighted by atomic mass is 10.1. The van der Waals surface area contributed by atoms with Crippen molar-refractivity contribution in [2.45, 2.75) is 39.3 Å². The summed E-state index contributed by atoms with van der Waals surface area (Å²) in [4.78, 5) is 21.6. The smallest absolute Gasteiger partial charge is 0.255 e. The van der Waals surface area contributed by atoms with E-state index in [1.807, 2.05) is 38.1 Å². The Kier molecular flexibility index (Phi) is 4.63. The van der Waals surface area contributed by atoms with Gasteiger partial charge in [-0.15, -0.1) is 10.2 Å². The first-order chi connectivity index (χ1) is 14.6. The number of carbonyl (C=O) groups excluding carboxylic acids is 1. The number of anilines is 1. The van der Waals surface area contributed by atoms with Crippen molar-refractivity contribution in [3.8, 4) is 0 Å². The van der Waals surface area contributed by atoms with E-state index in [1.54, 1.807) is 12.3 Å². The summed E-state index contributed by atoms with van der Waals surface area (Å²) in [6.07, 6.45) is 3.94. The molecule has 0 bridgehead atoms. The summed E-state index contributed by atoms with van der Waals surface area (Å²) in [5, 5.41) is 12.3. The predicted molar refractivity (Wildman–Crippen MR) is 113 cm³/mol. The zero-order chi connectivity index (χ0) is 20.7. The lowest BCUT2D eigenvalue weighted by Gasteiger charge is -2.13. The molecular weight excluding hydrogens is 380 g/mol. The molecule has 3 aromatic heterocycles. The van der Waals surface area contributed by atoms with Crippen molar-refractivity contribution in [3.05, 3.63) is 53.6 Å². The number of benzene rings is 1. The first-order valence-electron chi connectivity index (χ1n) is 10.1. The summed E-state index contributed by atoms with van der Waals surface area (Å²) in [7, 11) is 0. The number of amides is 1. The highest BCUT2D eigenvalue weighted by atomic mass is 16.5.